The van der Waals surface area contributed by atoms with E-state index in [4.69, 9.17) is 0 Å². The number of carbonyl (C=O) groups excluding carboxylic acids is 1. The van der Waals surface area contributed by atoms with Crippen molar-refractivity contribution in [1.82, 2.24) is 5.32 Å². The third kappa shape index (κ3) is 3.45. The van der Waals surface area contributed by atoms with Gasteiger partial charge in [-0.2, -0.15) is 0 Å². The van der Waals surface area contributed by atoms with Crippen LogP contribution >= 0.6 is 22.6 Å². The third-order valence-electron chi connectivity index (χ3n) is 3.28. The van der Waals surface area contributed by atoms with Crippen LogP contribution in [0.25, 0.3) is 0 Å². The van der Waals surface area contributed by atoms with Gasteiger partial charge in [-0.1, -0.05) is 6.92 Å². The van der Waals surface area contributed by atoms with Crippen LogP contribution < -0.4 is 10.2 Å². The summed E-state index contributed by atoms with van der Waals surface area (Å²) in [6.07, 6.45) is 2.87. The molecular weight excluding hydrogens is 358 g/mol. The SMILES string of the molecule is CCCNC1CCCN(c2ccc(F)cc2I)C1=O. The molecule has 3 nitrogen and oxygen atoms in total. The number of benzene rings is 1. The summed E-state index contributed by atoms with van der Waals surface area (Å²) in [5.41, 5.74) is 0.815. The number of nitrogens with one attached hydrogen (secondary N) is 1. The molecule has 5 heteroatoms. The van der Waals surface area contributed by atoms with E-state index in [1.165, 1.54) is 12.1 Å². The lowest BCUT2D eigenvalue weighted by Gasteiger charge is -2.33. The number of carbonyl (C=O) groups is 1. The molecule has 1 saturated heterocycles. The first kappa shape index (κ1) is 14.7. The molecule has 1 fully saturated rings. The van der Waals surface area contributed by atoms with Crippen molar-refractivity contribution in [3.05, 3.63) is 27.6 Å². The topological polar surface area (TPSA) is 32.3 Å². The number of rotatable bonds is 4. The second-order valence-corrected chi connectivity index (χ2v) is 5.90. The molecule has 0 saturated carbocycles. The molecule has 0 spiro atoms. The molecule has 0 aromatic heterocycles. The molecular formula is C14H18FIN2O. The normalized spacial score (nSPS) is 19.8. The molecule has 0 bridgehead atoms. The zero-order valence-corrected chi connectivity index (χ0v) is 13.1. The van der Waals surface area contributed by atoms with Gasteiger partial charge in [-0.3, -0.25) is 4.79 Å². The Hall–Kier alpha value is -0.690. The van der Waals surface area contributed by atoms with Crippen LogP contribution in [0.4, 0.5) is 10.1 Å². The first-order chi connectivity index (χ1) is 9.13. The fourth-order valence-electron chi connectivity index (χ4n) is 2.32. The molecule has 1 aromatic rings. The summed E-state index contributed by atoms with van der Waals surface area (Å²) in [6, 6.07) is 4.46. The summed E-state index contributed by atoms with van der Waals surface area (Å²) >= 11 is 2.08. The number of hydrogen-bond donors (Lipinski definition) is 1. The maximum Gasteiger partial charge on any atom is 0.244 e. The van der Waals surface area contributed by atoms with E-state index in [0.717, 1.165) is 35.1 Å². The fourth-order valence-corrected chi connectivity index (χ4v) is 3.09. The highest BCUT2D eigenvalue weighted by Gasteiger charge is 2.29. The number of piperidine rings is 1. The van der Waals surface area contributed by atoms with E-state index in [0.29, 0.717) is 6.54 Å². The third-order valence-corrected chi connectivity index (χ3v) is 4.14. The van der Waals surface area contributed by atoms with Crippen molar-refractivity contribution >= 4 is 34.2 Å². The maximum absolute atomic E-state index is 13.1. The van der Waals surface area contributed by atoms with Crippen LogP contribution in [-0.2, 0) is 4.79 Å². The first-order valence-corrected chi connectivity index (χ1v) is 7.71. The highest BCUT2D eigenvalue weighted by Crippen LogP contribution is 2.27. The van der Waals surface area contributed by atoms with E-state index in [1.54, 1.807) is 11.0 Å². The molecule has 1 heterocycles. The van der Waals surface area contributed by atoms with Crippen molar-refractivity contribution in [3.8, 4) is 0 Å². The van der Waals surface area contributed by atoms with E-state index in [1.807, 2.05) is 0 Å². The van der Waals surface area contributed by atoms with Gasteiger partial charge < -0.3 is 10.2 Å². The molecule has 1 unspecified atom stereocenters. The summed E-state index contributed by atoms with van der Waals surface area (Å²) in [7, 11) is 0. The van der Waals surface area contributed by atoms with Crippen LogP contribution in [0.2, 0.25) is 0 Å². The molecule has 1 amide bonds. The molecule has 104 valence electrons. The highest BCUT2D eigenvalue weighted by atomic mass is 127. The standard InChI is InChI=1S/C14H18FIN2O/c1-2-7-17-12-4-3-8-18(14(12)19)13-6-5-10(15)9-11(13)16/h5-6,9,12,17H,2-4,7-8H2,1H3. The minimum absolute atomic E-state index is 0.101. The Morgan fingerprint density at radius 1 is 1.53 bits per heavy atom. The van der Waals surface area contributed by atoms with Gasteiger partial charge in [0, 0.05) is 10.1 Å². The Kier molecular flexibility index (Phi) is 5.15. The molecule has 0 radical (unpaired) electrons. The summed E-state index contributed by atoms with van der Waals surface area (Å²) in [5, 5.41) is 3.28. The van der Waals surface area contributed by atoms with E-state index in [9.17, 15) is 9.18 Å². The fraction of sp³-hybridized carbons (Fsp3) is 0.500. The second-order valence-electron chi connectivity index (χ2n) is 4.73. The zero-order valence-electron chi connectivity index (χ0n) is 11.0. The number of hydrogen-bond acceptors (Lipinski definition) is 2. The van der Waals surface area contributed by atoms with Gasteiger partial charge in [0.05, 0.1) is 11.7 Å². The average molecular weight is 376 g/mol. The van der Waals surface area contributed by atoms with E-state index >= 15 is 0 Å². The number of nitrogens with zero attached hydrogens (tertiary/aromatic N) is 1. The smallest absolute Gasteiger partial charge is 0.244 e. The molecule has 1 aromatic carbocycles. The zero-order chi connectivity index (χ0) is 13.8. The van der Waals surface area contributed by atoms with Crippen LogP contribution in [0.15, 0.2) is 18.2 Å². The van der Waals surface area contributed by atoms with Gasteiger partial charge in [0.1, 0.15) is 5.82 Å². The number of halogens is 2. The largest absolute Gasteiger partial charge is 0.310 e. The van der Waals surface area contributed by atoms with Crippen molar-refractivity contribution in [2.24, 2.45) is 0 Å². The Morgan fingerprint density at radius 2 is 2.32 bits per heavy atom. The second kappa shape index (κ2) is 6.65. The van der Waals surface area contributed by atoms with Gasteiger partial charge >= 0.3 is 0 Å². The maximum atomic E-state index is 13.1. The minimum Gasteiger partial charge on any atom is -0.310 e. The summed E-state index contributed by atoms with van der Waals surface area (Å²) in [6.45, 7) is 3.65. The number of amides is 1. The Balaban J connectivity index is 2.17. The Labute approximate surface area is 126 Å². The molecule has 1 N–H and O–H groups in total. The molecule has 1 atom stereocenters. The van der Waals surface area contributed by atoms with E-state index < -0.39 is 0 Å². The Morgan fingerprint density at radius 3 is 3.00 bits per heavy atom. The highest BCUT2D eigenvalue weighted by molar-refractivity contribution is 14.1. The van der Waals surface area contributed by atoms with Crippen LogP contribution in [0.1, 0.15) is 26.2 Å². The van der Waals surface area contributed by atoms with Gasteiger partial charge in [-0.25, -0.2) is 4.39 Å². The van der Waals surface area contributed by atoms with Gasteiger partial charge in [0.15, 0.2) is 0 Å². The summed E-state index contributed by atoms with van der Waals surface area (Å²) < 4.78 is 13.9. The quantitative estimate of drug-likeness (QED) is 0.820. The lowest BCUT2D eigenvalue weighted by Crippen LogP contribution is -2.51. The summed E-state index contributed by atoms with van der Waals surface area (Å²) in [5.74, 6) is -0.164. The van der Waals surface area contributed by atoms with Crippen molar-refractivity contribution in [3.63, 3.8) is 0 Å². The molecule has 2 rings (SSSR count). The van der Waals surface area contributed by atoms with Gasteiger partial charge in [-0.15, -0.1) is 0 Å². The average Bonchev–Trinajstić information content (AvgIpc) is 2.38. The van der Waals surface area contributed by atoms with Crippen molar-refractivity contribution in [1.29, 1.82) is 0 Å². The van der Waals surface area contributed by atoms with Crippen LogP contribution in [-0.4, -0.2) is 25.0 Å². The van der Waals surface area contributed by atoms with Gasteiger partial charge in [0.25, 0.3) is 0 Å². The monoisotopic (exact) mass is 376 g/mol. The predicted octanol–water partition coefficient (Wildman–Crippen LogP) is 2.93. The lowest BCUT2D eigenvalue weighted by molar-refractivity contribution is -0.121. The van der Waals surface area contributed by atoms with Gasteiger partial charge in [-0.05, 0) is 66.6 Å². The van der Waals surface area contributed by atoms with Crippen molar-refractivity contribution < 1.29 is 9.18 Å². The van der Waals surface area contributed by atoms with Crippen molar-refractivity contribution in [2.45, 2.75) is 32.2 Å². The molecule has 1 aliphatic heterocycles. The van der Waals surface area contributed by atoms with Crippen LogP contribution in [0.3, 0.4) is 0 Å². The lowest BCUT2D eigenvalue weighted by atomic mass is 10.0. The number of anilines is 1. The van der Waals surface area contributed by atoms with E-state index in [2.05, 4.69) is 34.8 Å². The molecule has 1 aliphatic rings. The first-order valence-electron chi connectivity index (χ1n) is 6.63. The van der Waals surface area contributed by atoms with Crippen LogP contribution in [0, 0.1) is 9.39 Å². The van der Waals surface area contributed by atoms with E-state index in [-0.39, 0.29) is 17.8 Å². The Bertz CT molecular complexity index is 467. The molecule has 19 heavy (non-hydrogen) atoms. The summed E-state index contributed by atoms with van der Waals surface area (Å²) in [4.78, 5) is 14.2. The van der Waals surface area contributed by atoms with Gasteiger partial charge in [0.2, 0.25) is 5.91 Å². The van der Waals surface area contributed by atoms with Crippen LogP contribution in [0.5, 0.6) is 0 Å². The predicted molar refractivity (Wildman–Crippen MR) is 82.8 cm³/mol. The molecule has 0 aliphatic carbocycles. The minimum atomic E-state index is -0.265. The van der Waals surface area contributed by atoms with Crippen molar-refractivity contribution in [2.75, 3.05) is 18.0 Å².